The number of amides is 3. The second kappa shape index (κ2) is 10.8. The molecule has 10 nitrogen and oxygen atoms in total. The average molecular weight is 470 g/mol. The Morgan fingerprint density at radius 3 is 2.35 bits per heavy atom. The Labute approximate surface area is 184 Å². The molecule has 0 unspecified atom stereocenters. The smallest absolute Gasteiger partial charge is 0.344 e. The summed E-state index contributed by atoms with van der Waals surface area (Å²) in [6.07, 6.45) is 0. The van der Waals surface area contributed by atoms with Gasteiger partial charge in [-0.15, -0.1) is 11.3 Å². The second-order valence-corrected chi connectivity index (χ2v) is 9.67. The van der Waals surface area contributed by atoms with Crippen LogP contribution in [0.3, 0.4) is 0 Å². The van der Waals surface area contributed by atoms with Gasteiger partial charge in [-0.05, 0) is 49.6 Å². The number of hydrogen-bond acceptors (Lipinski definition) is 8. The fraction of sp³-hybridized carbons (Fsp3) is 0.316. The van der Waals surface area contributed by atoms with Crippen LogP contribution in [-0.2, 0) is 24.3 Å². The summed E-state index contributed by atoms with van der Waals surface area (Å²) < 4.78 is 36.4. The van der Waals surface area contributed by atoms with Gasteiger partial charge in [0.25, 0.3) is 15.9 Å². The fourth-order valence-electron chi connectivity index (χ4n) is 2.23. The van der Waals surface area contributed by atoms with Gasteiger partial charge in [0.2, 0.25) is 0 Å². The number of ether oxygens (including phenoxy) is 2. The first-order chi connectivity index (χ1) is 14.6. The molecule has 168 valence electrons. The highest BCUT2D eigenvalue weighted by atomic mass is 32.2. The van der Waals surface area contributed by atoms with Gasteiger partial charge in [-0.1, -0.05) is 6.07 Å². The molecular weight excluding hydrogens is 446 g/mol. The molecule has 0 spiro atoms. The Morgan fingerprint density at radius 1 is 1.10 bits per heavy atom. The molecule has 0 aliphatic rings. The van der Waals surface area contributed by atoms with Crippen LogP contribution in [0.4, 0.5) is 10.5 Å². The maximum atomic E-state index is 12.5. The summed E-state index contributed by atoms with van der Waals surface area (Å²) in [7, 11) is -2.21. The van der Waals surface area contributed by atoms with Gasteiger partial charge in [0.1, 0.15) is 9.96 Å². The zero-order valence-corrected chi connectivity index (χ0v) is 18.8. The molecule has 0 radical (unpaired) electrons. The van der Waals surface area contributed by atoms with Crippen LogP contribution in [0.15, 0.2) is 46.0 Å². The maximum Gasteiger partial charge on any atom is 0.344 e. The summed E-state index contributed by atoms with van der Waals surface area (Å²) in [5.74, 6) is -1.27. The average Bonchev–Trinajstić information content (AvgIpc) is 3.25. The van der Waals surface area contributed by atoms with E-state index >= 15 is 0 Å². The number of hydrogen-bond donors (Lipinski definition) is 2. The number of thiophene rings is 1. The molecule has 2 rings (SSSR count). The molecule has 1 heterocycles. The van der Waals surface area contributed by atoms with Crippen molar-refractivity contribution in [2.75, 3.05) is 24.6 Å². The lowest BCUT2D eigenvalue weighted by Crippen LogP contribution is -2.44. The molecule has 1 aromatic heterocycles. The highest BCUT2D eigenvalue weighted by Crippen LogP contribution is 2.26. The topological polar surface area (TPSA) is 131 Å². The van der Waals surface area contributed by atoms with Crippen molar-refractivity contribution in [1.82, 2.24) is 10.6 Å². The molecule has 0 atom stereocenters. The van der Waals surface area contributed by atoms with Crippen molar-refractivity contribution in [3.05, 3.63) is 41.8 Å². The van der Waals surface area contributed by atoms with Crippen LogP contribution >= 0.6 is 11.3 Å². The van der Waals surface area contributed by atoms with Gasteiger partial charge in [-0.25, -0.2) is 18.0 Å². The molecule has 0 saturated heterocycles. The minimum atomic E-state index is -3.65. The summed E-state index contributed by atoms with van der Waals surface area (Å²) in [6, 6.07) is 8.43. The third-order valence-corrected chi connectivity index (χ3v) is 6.86. The minimum absolute atomic E-state index is 0.147. The molecule has 0 aliphatic carbocycles. The number of benzene rings is 1. The van der Waals surface area contributed by atoms with Crippen molar-refractivity contribution in [2.24, 2.45) is 0 Å². The van der Waals surface area contributed by atoms with E-state index in [-0.39, 0.29) is 10.3 Å². The van der Waals surface area contributed by atoms with Crippen LogP contribution in [0.1, 0.15) is 13.8 Å². The molecule has 12 heteroatoms. The van der Waals surface area contributed by atoms with Crippen molar-refractivity contribution in [2.45, 2.75) is 24.1 Å². The Morgan fingerprint density at radius 2 is 1.77 bits per heavy atom. The first kappa shape index (κ1) is 24.2. The predicted octanol–water partition coefficient (Wildman–Crippen LogP) is 1.73. The van der Waals surface area contributed by atoms with E-state index in [0.29, 0.717) is 11.4 Å². The van der Waals surface area contributed by atoms with Crippen LogP contribution in [-0.4, -0.2) is 52.6 Å². The normalized spacial score (nSPS) is 11.0. The quantitative estimate of drug-likeness (QED) is 0.535. The van der Waals surface area contributed by atoms with Crippen LogP contribution < -0.4 is 19.7 Å². The number of carbonyl (C=O) groups is 3. The van der Waals surface area contributed by atoms with Crippen molar-refractivity contribution in [3.8, 4) is 5.75 Å². The number of carbonyl (C=O) groups excluding carboxylic acids is 3. The first-order valence-electron chi connectivity index (χ1n) is 9.11. The maximum absolute atomic E-state index is 12.5. The highest BCUT2D eigenvalue weighted by molar-refractivity contribution is 7.94. The monoisotopic (exact) mass is 469 g/mol. The lowest BCUT2D eigenvalue weighted by molar-refractivity contribution is -0.150. The molecule has 2 N–H and O–H groups in total. The second-order valence-electron chi connectivity index (χ2n) is 6.52. The van der Waals surface area contributed by atoms with Crippen molar-refractivity contribution >= 4 is 45.0 Å². The van der Waals surface area contributed by atoms with E-state index in [1.54, 1.807) is 25.3 Å². The number of anilines is 1. The van der Waals surface area contributed by atoms with Gasteiger partial charge in [0, 0.05) is 13.1 Å². The SMILES string of the molecule is CC(C)NC(=O)NC(=O)COC(=O)COc1ccc(N(C)S(=O)(=O)c2cccs2)cc1. The van der Waals surface area contributed by atoms with Gasteiger partial charge in [-0.2, -0.15) is 0 Å². The highest BCUT2D eigenvalue weighted by Gasteiger charge is 2.22. The third-order valence-electron chi connectivity index (χ3n) is 3.70. The van der Waals surface area contributed by atoms with Gasteiger partial charge in [0.05, 0.1) is 5.69 Å². The van der Waals surface area contributed by atoms with Crippen LogP contribution in [0, 0.1) is 0 Å². The summed E-state index contributed by atoms with van der Waals surface area (Å²) in [4.78, 5) is 34.6. The Hall–Kier alpha value is -3.12. The van der Waals surface area contributed by atoms with Gasteiger partial charge in [0.15, 0.2) is 13.2 Å². The molecule has 0 saturated carbocycles. The van der Waals surface area contributed by atoms with Crippen LogP contribution in [0.2, 0.25) is 0 Å². The van der Waals surface area contributed by atoms with E-state index < -0.39 is 41.1 Å². The van der Waals surface area contributed by atoms with Gasteiger partial charge in [-0.3, -0.25) is 14.4 Å². The predicted molar refractivity (Wildman–Crippen MR) is 115 cm³/mol. The summed E-state index contributed by atoms with van der Waals surface area (Å²) in [5, 5.41) is 6.16. The van der Waals surface area contributed by atoms with E-state index in [2.05, 4.69) is 5.32 Å². The number of sulfonamides is 1. The first-order valence-corrected chi connectivity index (χ1v) is 11.4. The molecule has 31 heavy (non-hydrogen) atoms. The van der Waals surface area contributed by atoms with Crippen LogP contribution in [0.5, 0.6) is 5.75 Å². The van der Waals surface area contributed by atoms with Gasteiger partial charge < -0.3 is 14.8 Å². The van der Waals surface area contributed by atoms with E-state index in [1.165, 1.54) is 37.4 Å². The molecule has 1 aromatic carbocycles. The van der Waals surface area contributed by atoms with Crippen molar-refractivity contribution < 1.29 is 32.3 Å². The Bertz CT molecular complexity index is 1000. The Balaban J connectivity index is 1.81. The van der Waals surface area contributed by atoms with Crippen molar-refractivity contribution in [3.63, 3.8) is 0 Å². The summed E-state index contributed by atoms with van der Waals surface area (Å²) in [5.41, 5.74) is 0.416. The molecule has 0 bridgehead atoms. The molecule has 0 aliphatic heterocycles. The van der Waals surface area contributed by atoms with E-state index in [0.717, 1.165) is 15.6 Å². The Kier molecular flexibility index (Phi) is 8.39. The fourth-order valence-corrected chi connectivity index (χ4v) is 4.58. The number of imide groups is 1. The minimum Gasteiger partial charge on any atom is -0.482 e. The number of esters is 1. The molecule has 0 fully saturated rings. The largest absolute Gasteiger partial charge is 0.482 e. The number of nitrogens with one attached hydrogen (secondary N) is 2. The van der Waals surface area contributed by atoms with Crippen LogP contribution in [0.25, 0.3) is 0 Å². The van der Waals surface area contributed by atoms with Crippen molar-refractivity contribution in [1.29, 1.82) is 0 Å². The number of rotatable bonds is 9. The number of nitrogens with zero attached hydrogens (tertiary/aromatic N) is 1. The zero-order chi connectivity index (χ0) is 23.0. The molecule has 3 amide bonds. The lowest BCUT2D eigenvalue weighted by atomic mass is 10.3. The molecule has 2 aromatic rings. The summed E-state index contributed by atoms with van der Waals surface area (Å²) >= 11 is 1.12. The van der Waals surface area contributed by atoms with E-state index in [9.17, 15) is 22.8 Å². The lowest BCUT2D eigenvalue weighted by Gasteiger charge is -2.18. The molecular formula is C19H23N3O7S2. The zero-order valence-electron chi connectivity index (χ0n) is 17.2. The standard InChI is InChI=1S/C19H23N3O7S2/c1-13(2)20-19(25)21-16(23)11-29-17(24)12-28-15-8-6-14(7-9-15)22(3)31(26,27)18-5-4-10-30-18/h4-10,13H,11-12H2,1-3H3,(H2,20,21,23,25). The van der Waals surface area contributed by atoms with E-state index in [4.69, 9.17) is 9.47 Å². The summed E-state index contributed by atoms with van der Waals surface area (Å²) in [6.45, 7) is 2.37. The number of urea groups is 1. The third kappa shape index (κ3) is 7.26. The van der Waals surface area contributed by atoms with Gasteiger partial charge >= 0.3 is 12.0 Å². The van der Waals surface area contributed by atoms with E-state index in [1.807, 2.05) is 5.32 Å².